The third-order valence-corrected chi connectivity index (χ3v) is 6.58. The lowest BCUT2D eigenvalue weighted by atomic mass is 10.1. The van der Waals surface area contributed by atoms with Crippen molar-refractivity contribution in [3.8, 4) is 5.75 Å². The monoisotopic (exact) mass is 491 g/mol. The fourth-order valence-corrected chi connectivity index (χ4v) is 4.59. The highest BCUT2D eigenvalue weighted by molar-refractivity contribution is 7.92. The minimum absolute atomic E-state index is 0.00540. The number of fused-ring (bicyclic) bond motifs is 1. The number of phenols is 1. The van der Waals surface area contributed by atoms with E-state index in [1.165, 1.54) is 37.3 Å². The Balaban J connectivity index is 1.71. The van der Waals surface area contributed by atoms with E-state index in [1.807, 2.05) is 0 Å². The molecule has 9 nitrogen and oxygen atoms in total. The molecule has 0 atom stereocenters. The van der Waals surface area contributed by atoms with Crippen LogP contribution in [0.4, 0.5) is 5.82 Å². The summed E-state index contributed by atoms with van der Waals surface area (Å²) in [6, 6.07) is 17.1. The number of aromatic nitrogens is 2. The van der Waals surface area contributed by atoms with Crippen molar-refractivity contribution in [1.29, 1.82) is 0 Å². The molecule has 0 aliphatic heterocycles. The van der Waals surface area contributed by atoms with E-state index in [4.69, 9.17) is 5.11 Å². The van der Waals surface area contributed by atoms with Gasteiger partial charge in [0, 0.05) is 12.8 Å². The van der Waals surface area contributed by atoms with Gasteiger partial charge in [-0.1, -0.05) is 30.3 Å². The molecule has 3 N–H and O–H groups in total. The second-order valence-corrected chi connectivity index (χ2v) is 9.65. The van der Waals surface area contributed by atoms with Crippen LogP contribution < -0.4 is 4.72 Å². The van der Waals surface area contributed by atoms with Gasteiger partial charge in [-0.2, -0.15) is 0 Å². The first-order valence-electron chi connectivity index (χ1n) is 10.5. The number of hydrogen-bond donors (Lipinski definition) is 3. The number of nitrogens with one attached hydrogen (secondary N) is 1. The Bertz CT molecular complexity index is 1550. The molecule has 0 saturated heterocycles. The molecule has 0 aliphatic carbocycles. The van der Waals surface area contributed by atoms with Crippen LogP contribution in [0.15, 0.2) is 71.6 Å². The maximum absolute atomic E-state index is 13.1. The Morgan fingerprint density at radius 2 is 1.54 bits per heavy atom. The van der Waals surface area contributed by atoms with E-state index >= 15 is 0 Å². The van der Waals surface area contributed by atoms with Gasteiger partial charge in [-0.3, -0.25) is 9.52 Å². The van der Waals surface area contributed by atoms with E-state index in [0.29, 0.717) is 27.9 Å². The van der Waals surface area contributed by atoms with Crippen LogP contribution >= 0.6 is 0 Å². The van der Waals surface area contributed by atoms with Crippen molar-refractivity contribution in [1.82, 2.24) is 9.97 Å². The molecular weight excluding hydrogens is 470 g/mol. The number of carboxylic acid groups (broad SMARTS) is 1. The number of aromatic hydroxyl groups is 1. The number of carbonyl (C=O) groups excluding carboxylic acids is 1. The molecule has 0 spiro atoms. The number of sulfonamides is 1. The van der Waals surface area contributed by atoms with Crippen molar-refractivity contribution in [2.75, 3.05) is 4.72 Å². The molecule has 1 aromatic heterocycles. The third-order valence-electron chi connectivity index (χ3n) is 5.22. The molecule has 0 bridgehead atoms. The molecule has 4 aromatic rings. The maximum Gasteiger partial charge on any atom is 0.339 e. The first-order valence-corrected chi connectivity index (χ1v) is 12.0. The minimum atomic E-state index is -4.03. The van der Waals surface area contributed by atoms with Gasteiger partial charge in [-0.05, 0) is 54.4 Å². The second kappa shape index (κ2) is 9.51. The standard InChI is InChI=1S/C25H21N3O6S/c1-15(29)12-16-6-9-18(10-7-16)35(33,34)28-24-22(26-20-4-2-3-5-21(20)27-24)13-17-8-11-19(25(31)32)23(30)14-17/h2-11,14,30H,12-13H2,1H3,(H,27,28)(H,31,32). The number of benzene rings is 3. The zero-order valence-corrected chi connectivity index (χ0v) is 19.4. The highest BCUT2D eigenvalue weighted by atomic mass is 32.2. The Kier molecular flexibility index (Phi) is 6.48. The summed E-state index contributed by atoms with van der Waals surface area (Å²) in [6.45, 7) is 1.46. The van der Waals surface area contributed by atoms with Crippen LogP contribution in [0.2, 0.25) is 0 Å². The van der Waals surface area contributed by atoms with Gasteiger partial charge in [0.15, 0.2) is 5.82 Å². The molecule has 4 rings (SSSR count). The molecule has 0 amide bonds. The van der Waals surface area contributed by atoms with Crippen molar-refractivity contribution in [3.63, 3.8) is 0 Å². The summed E-state index contributed by atoms with van der Waals surface area (Å²) in [5, 5.41) is 19.2. The van der Waals surface area contributed by atoms with Crippen LogP contribution in [0.3, 0.4) is 0 Å². The van der Waals surface area contributed by atoms with E-state index in [9.17, 15) is 23.1 Å². The Hall–Kier alpha value is -4.31. The van der Waals surface area contributed by atoms with Gasteiger partial charge in [0.2, 0.25) is 0 Å². The van der Waals surface area contributed by atoms with Crippen LogP contribution in [0.5, 0.6) is 5.75 Å². The quantitative estimate of drug-likeness (QED) is 0.339. The molecule has 0 radical (unpaired) electrons. The topological polar surface area (TPSA) is 147 Å². The third kappa shape index (κ3) is 5.44. The number of aromatic carboxylic acids is 1. The normalized spacial score (nSPS) is 11.3. The first kappa shape index (κ1) is 23.8. The second-order valence-electron chi connectivity index (χ2n) is 7.97. The summed E-state index contributed by atoms with van der Waals surface area (Å²) in [5.41, 5.74) is 2.30. The fraction of sp³-hybridized carbons (Fsp3) is 0.120. The zero-order chi connectivity index (χ0) is 25.2. The Morgan fingerprint density at radius 1 is 0.914 bits per heavy atom. The number of nitrogens with zero attached hydrogens (tertiary/aromatic N) is 2. The van der Waals surface area contributed by atoms with Crippen LogP contribution in [0, 0.1) is 0 Å². The van der Waals surface area contributed by atoms with E-state index < -0.39 is 21.7 Å². The largest absolute Gasteiger partial charge is 0.507 e. The Morgan fingerprint density at radius 3 is 2.14 bits per heavy atom. The van der Waals surface area contributed by atoms with Gasteiger partial charge in [-0.15, -0.1) is 0 Å². The van der Waals surface area contributed by atoms with E-state index in [2.05, 4.69) is 14.7 Å². The molecule has 1 heterocycles. The number of rotatable bonds is 8. The van der Waals surface area contributed by atoms with Crippen molar-refractivity contribution >= 4 is 38.6 Å². The Labute approximate surface area is 201 Å². The summed E-state index contributed by atoms with van der Waals surface area (Å²) in [7, 11) is -4.03. The summed E-state index contributed by atoms with van der Waals surface area (Å²) in [6.07, 6.45) is 0.294. The highest BCUT2D eigenvalue weighted by Gasteiger charge is 2.20. The molecule has 10 heteroatoms. The number of anilines is 1. The number of para-hydroxylation sites is 2. The summed E-state index contributed by atoms with van der Waals surface area (Å²) in [4.78, 5) is 31.5. The SMILES string of the molecule is CC(=O)Cc1ccc(S(=O)(=O)Nc2nc3ccccc3nc2Cc2ccc(C(=O)O)c(O)c2)cc1. The number of carbonyl (C=O) groups is 2. The molecule has 0 saturated carbocycles. The molecule has 0 fully saturated rings. The van der Waals surface area contributed by atoms with Crippen LogP contribution in [-0.2, 0) is 27.7 Å². The van der Waals surface area contributed by atoms with Gasteiger partial charge in [0.05, 0.1) is 21.6 Å². The van der Waals surface area contributed by atoms with Crippen molar-refractivity contribution in [3.05, 3.63) is 89.1 Å². The van der Waals surface area contributed by atoms with Crippen molar-refractivity contribution in [2.24, 2.45) is 0 Å². The van der Waals surface area contributed by atoms with E-state index in [0.717, 1.165) is 0 Å². The van der Waals surface area contributed by atoms with Crippen molar-refractivity contribution < 1.29 is 28.2 Å². The average molecular weight is 492 g/mol. The predicted molar refractivity (Wildman–Crippen MR) is 129 cm³/mol. The van der Waals surface area contributed by atoms with Crippen LogP contribution in [0.25, 0.3) is 11.0 Å². The maximum atomic E-state index is 13.1. The summed E-state index contributed by atoms with van der Waals surface area (Å²) < 4.78 is 28.7. The molecule has 0 unspecified atom stereocenters. The molecular formula is C25H21N3O6S. The number of hydrogen-bond acceptors (Lipinski definition) is 7. The number of carboxylic acids is 1. The fourth-order valence-electron chi connectivity index (χ4n) is 3.56. The van der Waals surface area contributed by atoms with Crippen molar-refractivity contribution in [2.45, 2.75) is 24.7 Å². The molecule has 178 valence electrons. The predicted octanol–water partition coefficient (Wildman–Crippen LogP) is 3.56. The van der Waals surface area contributed by atoms with Gasteiger partial charge in [0.1, 0.15) is 17.1 Å². The van der Waals surface area contributed by atoms with Gasteiger partial charge < -0.3 is 10.2 Å². The summed E-state index contributed by atoms with van der Waals surface area (Å²) >= 11 is 0. The zero-order valence-electron chi connectivity index (χ0n) is 18.6. The molecule has 3 aromatic carbocycles. The van der Waals surface area contributed by atoms with E-state index in [1.54, 1.807) is 36.4 Å². The number of ketones is 1. The van der Waals surface area contributed by atoms with Gasteiger partial charge in [0.25, 0.3) is 10.0 Å². The lowest BCUT2D eigenvalue weighted by molar-refractivity contribution is -0.116. The smallest absolute Gasteiger partial charge is 0.339 e. The van der Waals surface area contributed by atoms with Crippen LogP contribution in [0.1, 0.15) is 34.1 Å². The first-order chi connectivity index (χ1) is 16.6. The number of Topliss-reactive ketones (excluding diaryl/α,β-unsaturated/α-hetero) is 1. The molecule has 0 aliphatic rings. The van der Waals surface area contributed by atoms with Crippen LogP contribution in [-0.4, -0.2) is 40.4 Å². The minimum Gasteiger partial charge on any atom is -0.507 e. The summed E-state index contributed by atoms with van der Waals surface area (Å²) in [5.74, 6) is -1.69. The van der Waals surface area contributed by atoms with E-state index in [-0.39, 0.29) is 34.9 Å². The van der Waals surface area contributed by atoms with Gasteiger partial charge >= 0.3 is 5.97 Å². The average Bonchev–Trinajstić information content (AvgIpc) is 2.79. The molecule has 35 heavy (non-hydrogen) atoms. The lowest BCUT2D eigenvalue weighted by Crippen LogP contribution is -2.16. The highest BCUT2D eigenvalue weighted by Crippen LogP contribution is 2.25. The lowest BCUT2D eigenvalue weighted by Gasteiger charge is -2.13. The van der Waals surface area contributed by atoms with Gasteiger partial charge in [-0.25, -0.2) is 23.2 Å².